The van der Waals surface area contributed by atoms with E-state index in [-0.39, 0.29) is 5.95 Å². The quantitative estimate of drug-likeness (QED) is 0.890. The summed E-state index contributed by atoms with van der Waals surface area (Å²) < 4.78 is 5.48. The molecule has 2 aromatic rings. The Morgan fingerprint density at radius 2 is 1.75 bits per heavy atom. The highest BCUT2D eigenvalue weighted by molar-refractivity contribution is 5.35. The SMILES string of the molecule is CCOc1ccc(CN2CCN(c3nc(C)nc(N)n3)CC2)cc1. The van der Waals surface area contributed by atoms with Gasteiger partial charge in [-0.3, -0.25) is 4.90 Å². The maximum Gasteiger partial charge on any atom is 0.230 e. The molecule has 0 amide bonds. The Bertz CT molecular complexity index is 647. The number of rotatable bonds is 5. The van der Waals surface area contributed by atoms with Crippen molar-refractivity contribution in [1.29, 1.82) is 0 Å². The minimum atomic E-state index is 0.286. The first-order valence-electron chi connectivity index (χ1n) is 8.31. The molecular formula is C17H24N6O. The van der Waals surface area contributed by atoms with Crippen LogP contribution in [0.4, 0.5) is 11.9 Å². The molecule has 7 nitrogen and oxygen atoms in total. The molecule has 0 unspecified atom stereocenters. The highest BCUT2D eigenvalue weighted by atomic mass is 16.5. The second-order valence-corrected chi connectivity index (χ2v) is 5.88. The van der Waals surface area contributed by atoms with Gasteiger partial charge in [-0.1, -0.05) is 12.1 Å². The summed E-state index contributed by atoms with van der Waals surface area (Å²) in [5.41, 5.74) is 7.02. The Kier molecular flexibility index (Phi) is 5.10. The van der Waals surface area contributed by atoms with Gasteiger partial charge in [-0.2, -0.15) is 15.0 Å². The Morgan fingerprint density at radius 3 is 2.38 bits per heavy atom. The molecule has 3 rings (SSSR count). The monoisotopic (exact) mass is 328 g/mol. The van der Waals surface area contributed by atoms with Crippen LogP contribution in [0, 0.1) is 6.92 Å². The van der Waals surface area contributed by atoms with Crippen molar-refractivity contribution in [3.8, 4) is 5.75 Å². The number of aromatic nitrogens is 3. The van der Waals surface area contributed by atoms with Gasteiger partial charge in [0.2, 0.25) is 11.9 Å². The summed E-state index contributed by atoms with van der Waals surface area (Å²) in [6.45, 7) is 9.19. The maximum atomic E-state index is 5.72. The number of benzene rings is 1. The van der Waals surface area contributed by atoms with Gasteiger partial charge in [0.15, 0.2) is 0 Å². The molecule has 0 spiro atoms. The van der Waals surface area contributed by atoms with E-state index in [4.69, 9.17) is 10.5 Å². The zero-order valence-corrected chi connectivity index (χ0v) is 14.3. The predicted octanol–water partition coefficient (Wildman–Crippen LogP) is 1.48. The Balaban J connectivity index is 1.55. The van der Waals surface area contributed by atoms with Gasteiger partial charge in [-0.05, 0) is 31.5 Å². The molecule has 128 valence electrons. The zero-order chi connectivity index (χ0) is 16.9. The summed E-state index contributed by atoms with van der Waals surface area (Å²) in [6.07, 6.45) is 0. The van der Waals surface area contributed by atoms with Crippen molar-refractivity contribution in [2.45, 2.75) is 20.4 Å². The molecule has 7 heteroatoms. The van der Waals surface area contributed by atoms with E-state index in [1.807, 2.05) is 26.0 Å². The summed E-state index contributed by atoms with van der Waals surface area (Å²) in [4.78, 5) is 17.3. The number of nitrogen functional groups attached to an aromatic ring is 1. The molecule has 1 aromatic heterocycles. The van der Waals surface area contributed by atoms with E-state index in [2.05, 4.69) is 36.9 Å². The van der Waals surface area contributed by atoms with Gasteiger partial charge in [-0.25, -0.2) is 0 Å². The topological polar surface area (TPSA) is 80.4 Å². The van der Waals surface area contributed by atoms with Gasteiger partial charge in [0.25, 0.3) is 0 Å². The fraction of sp³-hybridized carbons (Fsp3) is 0.471. The van der Waals surface area contributed by atoms with Crippen molar-refractivity contribution in [2.24, 2.45) is 0 Å². The lowest BCUT2D eigenvalue weighted by Gasteiger charge is -2.34. The highest BCUT2D eigenvalue weighted by Gasteiger charge is 2.19. The van der Waals surface area contributed by atoms with Crippen LogP contribution in [0.2, 0.25) is 0 Å². The molecule has 1 aliphatic heterocycles. The van der Waals surface area contributed by atoms with Gasteiger partial charge >= 0.3 is 0 Å². The molecule has 0 saturated carbocycles. The second kappa shape index (κ2) is 7.44. The van der Waals surface area contributed by atoms with Crippen LogP contribution in [-0.2, 0) is 6.54 Å². The summed E-state index contributed by atoms with van der Waals surface area (Å²) in [7, 11) is 0. The Morgan fingerprint density at radius 1 is 1.04 bits per heavy atom. The van der Waals surface area contributed by atoms with Crippen LogP contribution in [0.3, 0.4) is 0 Å². The Labute approximate surface area is 142 Å². The minimum Gasteiger partial charge on any atom is -0.494 e. The number of aryl methyl sites for hydroxylation is 1. The average Bonchev–Trinajstić information content (AvgIpc) is 2.57. The first-order chi connectivity index (χ1) is 11.6. The average molecular weight is 328 g/mol. The fourth-order valence-electron chi connectivity index (χ4n) is 2.85. The molecule has 1 saturated heterocycles. The fourth-order valence-corrected chi connectivity index (χ4v) is 2.85. The molecule has 0 radical (unpaired) electrons. The number of nitrogens with two attached hydrogens (primary N) is 1. The summed E-state index contributed by atoms with van der Waals surface area (Å²) in [5, 5.41) is 0. The van der Waals surface area contributed by atoms with Gasteiger partial charge in [-0.15, -0.1) is 0 Å². The smallest absolute Gasteiger partial charge is 0.230 e. The zero-order valence-electron chi connectivity index (χ0n) is 14.3. The van der Waals surface area contributed by atoms with Crippen molar-refractivity contribution >= 4 is 11.9 Å². The summed E-state index contributed by atoms with van der Waals surface area (Å²) in [6, 6.07) is 8.33. The molecule has 24 heavy (non-hydrogen) atoms. The number of nitrogens with zero attached hydrogens (tertiary/aromatic N) is 5. The lowest BCUT2D eigenvalue weighted by molar-refractivity contribution is 0.248. The van der Waals surface area contributed by atoms with E-state index in [1.165, 1.54) is 5.56 Å². The third kappa shape index (κ3) is 4.11. The van der Waals surface area contributed by atoms with Crippen LogP contribution in [0.5, 0.6) is 5.75 Å². The van der Waals surface area contributed by atoms with Crippen molar-refractivity contribution in [3.63, 3.8) is 0 Å². The molecule has 1 aliphatic rings. The van der Waals surface area contributed by atoms with Crippen LogP contribution in [0.25, 0.3) is 0 Å². The molecule has 0 atom stereocenters. The van der Waals surface area contributed by atoms with Gasteiger partial charge in [0.1, 0.15) is 11.6 Å². The standard InChI is InChI=1S/C17H24N6O/c1-3-24-15-6-4-14(5-7-15)12-22-8-10-23(11-9-22)17-20-13(2)19-16(18)21-17/h4-7H,3,8-12H2,1-2H3,(H2,18,19,20,21). The lowest BCUT2D eigenvalue weighted by atomic mass is 10.2. The minimum absolute atomic E-state index is 0.286. The predicted molar refractivity (Wildman–Crippen MR) is 94.1 cm³/mol. The van der Waals surface area contributed by atoms with Crippen molar-refractivity contribution < 1.29 is 4.74 Å². The van der Waals surface area contributed by atoms with Crippen molar-refractivity contribution in [1.82, 2.24) is 19.9 Å². The maximum absolute atomic E-state index is 5.72. The van der Waals surface area contributed by atoms with E-state index < -0.39 is 0 Å². The van der Waals surface area contributed by atoms with Gasteiger partial charge in [0, 0.05) is 32.7 Å². The van der Waals surface area contributed by atoms with E-state index in [0.29, 0.717) is 18.4 Å². The highest BCUT2D eigenvalue weighted by Crippen LogP contribution is 2.16. The van der Waals surface area contributed by atoms with Crippen LogP contribution in [-0.4, -0.2) is 52.6 Å². The van der Waals surface area contributed by atoms with Crippen molar-refractivity contribution in [3.05, 3.63) is 35.7 Å². The molecule has 0 aliphatic carbocycles. The van der Waals surface area contributed by atoms with Gasteiger partial charge in [0.05, 0.1) is 6.61 Å². The number of ether oxygens (including phenoxy) is 1. The first-order valence-corrected chi connectivity index (χ1v) is 8.31. The molecule has 0 bridgehead atoms. The third-order valence-corrected chi connectivity index (χ3v) is 4.05. The van der Waals surface area contributed by atoms with E-state index in [1.54, 1.807) is 0 Å². The molecule has 2 heterocycles. The molecular weight excluding hydrogens is 304 g/mol. The van der Waals surface area contributed by atoms with Crippen LogP contribution < -0.4 is 15.4 Å². The summed E-state index contributed by atoms with van der Waals surface area (Å²) >= 11 is 0. The van der Waals surface area contributed by atoms with E-state index in [0.717, 1.165) is 38.5 Å². The van der Waals surface area contributed by atoms with Crippen LogP contribution in [0.15, 0.2) is 24.3 Å². The first kappa shape index (κ1) is 16.4. The normalized spacial score (nSPS) is 15.5. The molecule has 1 aromatic carbocycles. The van der Waals surface area contributed by atoms with E-state index >= 15 is 0 Å². The summed E-state index contributed by atoms with van der Waals surface area (Å²) in [5.74, 6) is 2.55. The number of anilines is 2. The third-order valence-electron chi connectivity index (χ3n) is 4.05. The van der Waals surface area contributed by atoms with Crippen LogP contribution in [0.1, 0.15) is 18.3 Å². The number of piperazine rings is 1. The largest absolute Gasteiger partial charge is 0.494 e. The van der Waals surface area contributed by atoms with E-state index in [9.17, 15) is 0 Å². The van der Waals surface area contributed by atoms with Crippen LogP contribution >= 0.6 is 0 Å². The number of hydrogen-bond acceptors (Lipinski definition) is 7. The Hall–Kier alpha value is -2.41. The molecule has 1 fully saturated rings. The number of hydrogen-bond donors (Lipinski definition) is 1. The van der Waals surface area contributed by atoms with Crippen molar-refractivity contribution in [2.75, 3.05) is 43.4 Å². The second-order valence-electron chi connectivity index (χ2n) is 5.88. The molecule has 2 N–H and O–H groups in total. The van der Waals surface area contributed by atoms with Gasteiger partial charge < -0.3 is 15.4 Å². The lowest BCUT2D eigenvalue weighted by Crippen LogP contribution is -2.46.